The number of amides is 1. The van der Waals surface area contributed by atoms with Crippen molar-refractivity contribution in [2.75, 3.05) is 18.0 Å². The number of nitrogens with one attached hydrogen (secondary N) is 1. The third kappa shape index (κ3) is 3.40. The Bertz CT molecular complexity index is 585. The molecule has 1 fully saturated rings. The third-order valence-electron chi connectivity index (χ3n) is 3.77. The van der Waals surface area contributed by atoms with Gasteiger partial charge in [0.25, 0.3) is 5.91 Å². The average molecular weight is 281 g/mol. The van der Waals surface area contributed by atoms with Gasteiger partial charge in [-0.05, 0) is 37.1 Å². The SMILES string of the molecule is O=C(NC1CCCN(c2ccccn2)C1)c1ccccc1. The van der Waals surface area contributed by atoms with Crippen molar-refractivity contribution >= 4 is 11.7 Å². The van der Waals surface area contributed by atoms with Gasteiger partial charge in [0.1, 0.15) is 5.82 Å². The van der Waals surface area contributed by atoms with E-state index in [0.29, 0.717) is 5.56 Å². The van der Waals surface area contributed by atoms with Crippen molar-refractivity contribution in [1.29, 1.82) is 0 Å². The number of hydrogen-bond acceptors (Lipinski definition) is 3. The van der Waals surface area contributed by atoms with E-state index in [4.69, 9.17) is 0 Å². The number of carbonyl (C=O) groups excluding carboxylic acids is 1. The molecular formula is C17H19N3O. The third-order valence-corrected chi connectivity index (χ3v) is 3.77. The van der Waals surface area contributed by atoms with Crippen molar-refractivity contribution in [1.82, 2.24) is 10.3 Å². The normalized spacial score (nSPS) is 18.3. The fourth-order valence-corrected chi connectivity index (χ4v) is 2.70. The monoisotopic (exact) mass is 281 g/mol. The topological polar surface area (TPSA) is 45.2 Å². The average Bonchev–Trinajstić information content (AvgIpc) is 2.57. The summed E-state index contributed by atoms with van der Waals surface area (Å²) in [4.78, 5) is 18.8. The zero-order valence-electron chi connectivity index (χ0n) is 11.9. The number of carbonyl (C=O) groups is 1. The number of hydrogen-bond donors (Lipinski definition) is 1. The van der Waals surface area contributed by atoms with Gasteiger partial charge in [-0.3, -0.25) is 4.79 Å². The molecule has 0 aliphatic carbocycles. The largest absolute Gasteiger partial charge is 0.355 e. The van der Waals surface area contributed by atoms with Crippen LogP contribution in [0.5, 0.6) is 0 Å². The van der Waals surface area contributed by atoms with Gasteiger partial charge in [-0.25, -0.2) is 4.98 Å². The van der Waals surface area contributed by atoms with Crippen molar-refractivity contribution in [2.45, 2.75) is 18.9 Å². The van der Waals surface area contributed by atoms with Crippen molar-refractivity contribution in [2.24, 2.45) is 0 Å². The molecular weight excluding hydrogens is 262 g/mol. The van der Waals surface area contributed by atoms with Crippen LogP contribution in [0, 0.1) is 0 Å². The van der Waals surface area contributed by atoms with Gasteiger partial charge in [0.05, 0.1) is 0 Å². The number of anilines is 1. The fraction of sp³-hybridized carbons (Fsp3) is 0.294. The van der Waals surface area contributed by atoms with Gasteiger partial charge in [0.2, 0.25) is 0 Å². The van der Waals surface area contributed by atoms with E-state index in [2.05, 4.69) is 15.2 Å². The molecule has 1 aliphatic rings. The summed E-state index contributed by atoms with van der Waals surface area (Å²) in [5.41, 5.74) is 0.715. The van der Waals surface area contributed by atoms with E-state index in [-0.39, 0.29) is 11.9 Å². The Morgan fingerprint density at radius 3 is 2.71 bits per heavy atom. The van der Waals surface area contributed by atoms with Gasteiger partial charge in [-0.2, -0.15) is 0 Å². The molecule has 2 aromatic rings. The minimum Gasteiger partial charge on any atom is -0.355 e. The first-order chi connectivity index (χ1) is 10.3. The number of benzene rings is 1. The van der Waals surface area contributed by atoms with Gasteiger partial charge in [0, 0.05) is 30.9 Å². The molecule has 1 aliphatic heterocycles. The van der Waals surface area contributed by atoms with Crippen molar-refractivity contribution in [3.05, 3.63) is 60.3 Å². The van der Waals surface area contributed by atoms with E-state index in [9.17, 15) is 4.79 Å². The van der Waals surface area contributed by atoms with Crippen LogP contribution in [0.3, 0.4) is 0 Å². The number of piperidine rings is 1. The van der Waals surface area contributed by atoms with Crippen LogP contribution in [0.15, 0.2) is 54.7 Å². The van der Waals surface area contributed by atoms with E-state index in [0.717, 1.165) is 31.7 Å². The van der Waals surface area contributed by atoms with E-state index in [1.165, 1.54) is 0 Å². The predicted octanol–water partition coefficient (Wildman–Crippen LogP) is 2.48. The lowest BCUT2D eigenvalue weighted by atomic mass is 10.0. The van der Waals surface area contributed by atoms with E-state index in [1.54, 1.807) is 0 Å². The summed E-state index contributed by atoms with van der Waals surface area (Å²) in [6.45, 7) is 1.81. The first-order valence-electron chi connectivity index (χ1n) is 7.35. The molecule has 1 atom stereocenters. The predicted molar refractivity (Wildman–Crippen MR) is 83.4 cm³/mol. The molecule has 4 nitrogen and oxygen atoms in total. The van der Waals surface area contributed by atoms with E-state index >= 15 is 0 Å². The molecule has 1 aromatic carbocycles. The van der Waals surface area contributed by atoms with Crippen LogP contribution in [0.25, 0.3) is 0 Å². The number of aromatic nitrogens is 1. The lowest BCUT2D eigenvalue weighted by Crippen LogP contribution is -2.48. The van der Waals surface area contributed by atoms with Crippen LogP contribution >= 0.6 is 0 Å². The molecule has 4 heteroatoms. The van der Waals surface area contributed by atoms with Gasteiger partial charge in [0.15, 0.2) is 0 Å². The summed E-state index contributed by atoms with van der Waals surface area (Å²) in [5.74, 6) is 0.986. The second kappa shape index (κ2) is 6.39. The lowest BCUT2D eigenvalue weighted by molar-refractivity contribution is 0.0933. The minimum absolute atomic E-state index is 0.00321. The summed E-state index contributed by atoms with van der Waals surface area (Å²) in [7, 11) is 0. The highest BCUT2D eigenvalue weighted by atomic mass is 16.1. The Morgan fingerprint density at radius 1 is 1.14 bits per heavy atom. The molecule has 0 saturated carbocycles. The van der Waals surface area contributed by atoms with Gasteiger partial charge in [-0.15, -0.1) is 0 Å². The highest BCUT2D eigenvalue weighted by molar-refractivity contribution is 5.94. The van der Waals surface area contributed by atoms with Crippen molar-refractivity contribution in [3.8, 4) is 0 Å². The molecule has 2 heterocycles. The molecule has 21 heavy (non-hydrogen) atoms. The Hall–Kier alpha value is -2.36. The summed E-state index contributed by atoms with van der Waals surface area (Å²) >= 11 is 0. The Kier molecular flexibility index (Phi) is 4.15. The molecule has 1 unspecified atom stereocenters. The van der Waals surface area contributed by atoms with Gasteiger partial charge in [-0.1, -0.05) is 24.3 Å². The number of nitrogens with zero attached hydrogens (tertiary/aromatic N) is 2. The smallest absolute Gasteiger partial charge is 0.251 e. The summed E-state index contributed by atoms with van der Waals surface area (Å²) in [6, 6.07) is 15.5. The first-order valence-corrected chi connectivity index (χ1v) is 7.35. The van der Waals surface area contributed by atoms with Crippen LogP contribution in [0.2, 0.25) is 0 Å². The standard InChI is InChI=1S/C17H19N3O/c21-17(14-7-2-1-3-8-14)19-15-9-6-12-20(13-15)16-10-4-5-11-18-16/h1-5,7-8,10-11,15H,6,9,12-13H2,(H,19,21). The van der Waals surface area contributed by atoms with Crippen molar-refractivity contribution in [3.63, 3.8) is 0 Å². The Morgan fingerprint density at radius 2 is 1.95 bits per heavy atom. The second-order valence-electron chi connectivity index (χ2n) is 5.31. The molecule has 1 saturated heterocycles. The van der Waals surface area contributed by atoms with Crippen LogP contribution < -0.4 is 10.2 Å². The lowest BCUT2D eigenvalue weighted by Gasteiger charge is -2.34. The van der Waals surface area contributed by atoms with E-state index < -0.39 is 0 Å². The molecule has 3 rings (SSSR count). The molecule has 108 valence electrons. The summed E-state index contributed by atoms with van der Waals surface area (Å²) < 4.78 is 0. The highest BCUT2D eigenvalue weighted by Gasteiger charge is 2.22. The van der Waals surface area contributed by atoms with Gasteiger partial charge >= 0.3 is 0 Å². The molecule has 1 N–H and O–H groups in total. The summed E-state index contributed by atoms with van der Waals surface area (Å²) in [6.07, 6.45) is 3.89. The molecule has 1 amide bonds. The Labute approximate surface area is 124 Å². The molecule has 1 aromatic heterocycles. The maximum absolute atomic E-state index is 12.2. The van der Waals surface area contributed by atoms with Crippen molar-refractivity contribution < 1.29 is 4.79 Å². The molecule has 0 spiro atoms. The maximum Gasteiger partial charge on any atom is 0.251 e. The second-order valence-corrected chi connectivity index (χ2v) is 5.31. The molecule has 0 radical (unpaired) electrons. The minimum atomic E-state index is 0.00321. The zero-order chi connectivity index (χ0) is 14.5. The summed E-state index contributed by atoms with van der Waals surface area (Å²) in [5, 5.41) is 3.13. The van der Waals surface area contributed by atoms with Gasteiger partial charge < -0.3 is 10.2 Å². The van der Waals surface area contributed by atoms with Crippen LogP contribution in [0.1, 0.15) is 23.2 Å². The fourth-order valence-electron chi connectivity index (χ4n) is 2.70. The van der Waals surface area contributed by atoms with Crippen LogP contribution in [-0.4, -0.2) is 30.0 Å². The molecule has 0 bridgehead atoms. The maximum atomic E-state index is 12.2. The zero-order valence-corrected chi connectivity index (χ0v) is 11.9. The van der Waals surface area contributed by atoms with Crippen LogP contribution in [0.4, 0.5) is 5.82 Å². The number of rotatable bonds is 3. The van der Waals surface area contributed by atoms with Crippen LogP contribution in [-0.2, 0) is 0 Å². The first kappa shape index (κ1) is 13.6. The number of pyridine rings is 1. The Balaban J connectivity index is 1.63. The highest BCUT2D eigenvalue weighted by Crippen LogP contribution is 2.17. The van der Waals surface area contributed by atoms with E-state index in [1.807, 2.05) is 54.7 Å². The quantitative estimate of drug-likeness (QED) is 0.940.